The lowest BCUT2D eigenvalue weighted by atomic mass is 10.3. The second-order valence-electron chi connectivity index (χ2n) is 2.00. The highest BCUT2D eigenvalue weighted by atomic mass is 16.1. The van der Waals surface area contributed by atoms with E-state index in [1.54, 1.807) is 6.08 Å². The molecule has 1 heterocycles. The van der Waals surface area contributed by atoms with Gasteiger partial charge in [0.1, 0.15) is 5.70 Å². The van der Waals surface area contributed by atoms with Crippen LogP contribution >= 0.6 is 0 Å². The fourth-order valence-corrected chi connectivity index (χ4v) is 0.697. The molecule has 48 valence electrons. The van der Waals surface area contributed by atoms with Crippen molar-refractivity contribution in [2.24, 2.45) is 10.7 Å². The summed E-state index contributed by atoms with van der Waals surface area (Å²) in [6, 6.07) is 0. The standard InChI is InChI=1S/C6H8N2O/c1-4-2-3-5(8-4)6(7)9/h3H,2H2,1H3,(H2,7,9). The van der Waals surface area contributed by atoms with Crippen molar-refractivity contribution in [1.29, 1.82) is 0 Å². The summed E-state index contributed by atoms with van der Waals surface area (Å²) in [6.07, 6.45) is 2.50. The molecular weight excluding hydrogens is 116 g/mol. The third-order valence-corrected chi connectivity index (χ3v) is 1.15. The Kier molecular flexibility index (Phi) is 1.34. The van der Waals surface area contributed by atoms with Crippen LogP contribution in [0.3, 0.4) is 0 Å². The number of aliphatic imine (C=N–C) groups is 1. The van der Waals surface area contributed by atoms with E-state index in [1.165, 1.54) is 0 Å². The number of carbonyl (C=O) groups excluding carboxylic acids is 1. The molecule has 0 saturated heterocycles. The van der Waals surface area contributed by atoms with Crippen molar-refractivity contribution < 1.29 is 4.79 Å². The van der Waals surface area contributed by atoms with E-state index in [0.717, 1.165) is 12.1 Å². The molecule has 0 aromatic heterocycles. The quantitative estimate of drug-likeness (QED) is 0.534. The van der Waals surface area contributed by atoms with Crippen molar-refractivity contribution in [2.45, 2.75) is 13.3 Å². The van der Waals surface area contributed by atoms with E-state index in [4.69, 9.17) is 5.73 Å². The maximum absolute atomic E-state index is 10.4. The van der Waals surface area contributed by atoms with E-state index in [0.29, 0.717) is 5.70 Å². The van der Waals surface area contributed by atoms with Crippen molar-refractivity contribution in [3.8, 4) is 0 Å². The average molecular weight is 124 g/mol. The summed E-state index contributed by atoms with van der Waals surface area (Å²) in [5.74, 6) is -0.438. The molecule has 0 radical (unpaired) electrons. The number of allylic oxidation sites excluding steroid dienone is 1. The molecule has 0 aromatic rings. The number of rotatable bonds is 1. The molecule has 1 rings (SSSR count). The van der Waals surface area contributed by atoms with Gasteiger partial charge in [0.2, 0.25) is 0 Å². The van der Waals surface area contributed by atoms with E-state index in [-0.39, 0.29) is 0 Å². The molecule has 1 amide bonds. The number of nitrogens with zero attached hydrogens (tertiary/aromatic N) is 1. The average Bonchev–Trinajstić information content (AvgIpc) is 2.14. The SMILES string of the molecule is CC1=NC(C(N)=O)=CC1. The van der Waals surface area contributed by atoms with Crippen molar-refractivity contribution in [3.05, 3.63) is 11.8 Å². The van der Waals surface area contributed by atoms with Crippen LogP contribution in [0.2, 0.25) is 0 Å². The number of hydrogen-bond acceptors (Lipinski definition) is 2. The summed E-state index contributed by atoms with van der Waals surface area (Å²) in [7, 11) is 0. The van der Waals surface area contributed by atoms with Gasteiger partial charge in [0.15, 0.2) is 0 Å². The van der Waals surface area contributed by atoms with E-state index in [2.05, 4.69) is 4.99 Å². The maximum atomic E-state index is 10.4. The largest absolute Gasteiger partial charge is 0.364 e. The third kappa shape index (κ3) is 1.16. The zero-order valence-electron chi connectivity index (χ0n) is 5.22. The maximum Gasteiger partial charge on any atom is 0.266 e. The fraction of sp³-hybridized carbons (Fsp3) is 0.333. The zero-order valence-corrected chi connectivity index (χ0v) is 5.22. The van der Waals surface area contributed by atoms with Crippen LogP contribution in [0.15, 0.2) is 16.8 Å². The molecule has 3 heteroatoms. The first-order valence-corrected chi connectivity index (χ1v) is 2.74. The minimum atomic E-state index is -0.438. The molecular formula is C6H8N2O. The van der Waals surface area contributed by atoms with Crippen LogP contribution in [0, 0.1) is 0 Å². The van der Waals surface area contributed by atoms with Crippen LogP contribution in [0.1, 0.15) is 13.3 Å². The second kappa shape index (κ2) is 2.01. The molecule has 9 heavy (non-hydrogen) atoms. The van der Waals surface area contributed by atoms with Crippen LogP contribution in [-0.2, 0) is 4.79 Å². The van der Waals surface area contributed by atoms with Gasteiger partial charge in [0.25, 0.3) is 5.91 Å². The number of amides is 1. The molecule has 0 bridgehead atoms. The van der Waals surface area contributed by atoms with Crippen molar-refractivity contribution in [1.82, 2.24) is 0 Å². The number of carbonyl (C=O) groups is 1. The van der Waals surface area contributed by atoms with Gasteiger partial charge in [-0.2, -0.15) is 0 Å². The predicted molar refractivity (Wildman–Crippen MR) is 35.0 cm³/mol. The molecule has 1 aliphatic rings. The van der Waals surface area contributed by atoms with E-state index in [9.17, 15) is 4.79 Å². The Morgan fingerprint density at radius 1 is 1.89 bits per heavy atom. The Hall–Kier alpha value is -1.12. The van der Waals surface area contributed by atoms with Crippen molar-refractivity contribution >= 4 is 11.6 Å². The van der Waals surface area contributed by atoms with Gasteiger partial charge in [-0.15, -0.1) is 0 Å². The molecule has 0 fully saturated rings. The van der Waals surface area contributed by atoms with E-state index in [1.807, 2.05) is 6.92 Å². The third-order valence-electron chi connectivity index (χ3n) is 1.15. The topological polar surface area (TPSA) is 55.4 Å². The highest BCUT2D eigenvalue weighted by Crippen LogP contribution is 2.08. The van der Waals surface area contributed by atoms with Crippen LogP contribution < -0.4 is 5.73 Å². The Morgan fingerprint density at radius 2 is 2.56 bits per heavy atom. The van der Waals surface area contributed by atoms with Gasteiger partial charge in [0.05, 0.1) is 0 Å². The molecule has 2 N–H and O–H groups in total. The van der Waals surface area contributed by atoms with Crippen LogP contribution in [0.4, 0.5) is 0 Å². The van der Waals surface area contributed by atoms with Crippen LogP contribution in [0.25, 0.3) is 0 Å². The summed E-state index contributed by atoms with van der Waals surface area (Å²) >= 11 is 0. The highest BCUT2D eigenvalue weighted by Gasteiger charge is 2.07. The number of nitrogens with two attached hydrogens (primary N) is 1. The molecule has 0 aromatic carbocycles. The van der Waals surface area contributed by atoms with Gasteiger partial charge < -0.3 is 5.73 Å². The predicted octanol–water partition coefficient (Wildman–Crippen LogP) is 0.220. The Bertz CT molecular complexity index is 203. The fourth-order valence-electron chi connectivity index (χ4n) is 0.697. The molecule has 0 aliphatic carbocycles. The highest BCUT2D eigenvalue weighted by molar-refractivity contribution is 5.99. The first kappa shape index (κ1) is 6.01. The second-order valence-corrected chi connectivity index (χ2v) is 2.00. The number of hydrogen-bond donors (Lipinski definition) is 1. The normalized spacial score (nSPS) is 17.0. The minimum Gasteiger partial charge on any atom is -0.364 e. The van der Waals surface area contributed by atoms with Crippen LogP contribution in [0.5, 0.6) is 0 Å². The summed E-state index contributed by atoms with van der Waals surface area (Å²) < 4.78 is 0. The van der Waals surface area contributed by atoms with E-state index >= 15 is 0 Å². The smallest absolute Gasteiger partial charge is 0.266 e. The van der Waals surface area contributed by atoms with Crippen molar-refractivity contribution in [2.75, 3.05) is 0 Å². The summed E-state index contributed by atoms with van der Waals surface area (Å²) in [5, 5.41) is 0. The Morgan fingerprint density at radius 3 is 2.78 bits per heavy atom. The molecule has 0 spiro atoms. The van der Waals surface area contributed by atoms with E-state index < -0.39 is 5.91 Å². The Labute approximate surface area is 53.3 Å². The van der Waals surface area contributed by atoms with Gasteiger partial charge in [-0.25, -0.2) is 0 Å². The minimum absolute atomic E-state index is 0.396. The molecule has 0 atom stereocenters. The van der Waals surface area contributed by atoms with Crippen LogP contribution in [-0.4, -0.2) is 11.6 Å². The van der Waals surface area contributed by atoms with Gasteiger partial charge >= 0.3 is 0 Å². The summed E-state index contributed by atoms with van der Waals surface area (Å²) in [5.41, 5.74) is 6.29. The van der Waals surface area contributed by atoms with Gasteiger partial charge in [0, 0.05) is 12.1 Å². The van der Waals surface area contributed by atoms with Gasteiger partial charge in [-0.1, -0.05) is 0 Å². The summed E-state index contributed by atoms with van der Waals surface area (Å²) in [6.45, 7) is 1.87. The van der Waals surface area contributed by atoms with Gasteiger partial charge in [-0.05, 0) is 13.0 Å². The first-order valence-electron chi connectivity index (χ1n) is 2.74. The molecule has 0 unspecified atom stereocenters. The first-order chi connectivity index (χ1) is 4.20. The molecule has 0 saturated carbocycles. The summed E-state index contributed by atoms with van der Waals surface area (Å²) in [4.78, 5) is 14.3. The molecule has 3 nitrogen and oxygen atoms in total. The zero-order chi connectivity index (χ0) is 6.85. The molecule has 1 aliphatic heterocycles. The van der Waals surface area contributed by atoms with Crippen molar-refractivity contribution in [3.63, 3.8) is 0 Å². The lowest BCUT2D eigenvalue weighted by Crippen LogP contribution is -2.11. The number of primary amides is 1. The lowest BCUT2D eigenvalue weighted by molar-refractivity contribution is -0.114. The monoisotopic (exact) mass is 124 g/mol. The van der Waals surface area contributed by atoms with Gasteiger partial charge in [-0.3, -0.25) is 9.79 Å². The Balaban J connectivity index is 2.75. The lowest BCUT2D eigenvalue weighted by Gasteiger charge is -1.85.